The third kappa shape index (κ3) is 4.50. The number of thioether (sulfide) groups is 1. The van der Waals surface area contributed by atoms with Crippen LogP contribution in [0.25, 0.3) is 4.96 Å². The molecule has 0 aliphatic heterocycles. The third-order valence-electron chi connectivity index (χ3n) is 3.82. The van der Waals surface area contributed by atoms with Crippen molar-refractivity contribution in [1.82, 2.24) is 14.6 Å². The standard InChI is InChI=1S/C18H19N3O3S2/c1-11-4-5-14(8-12(11)2)25-7-6-17(23)24-10-15-20-21-16(22)9-13(3)19-18(21)26-15/h4-5,8-9H,6-7,10H2,1-3H3. The molecule has 0 unspecified atom stereocenters. The van der Waals surface area contributed by atoms with Crippen molar-refractivity contribution in [3.63, 3.8) is 0 Å². The van der Waals surface area contributed by atoms with Gasteiger partial charge in [-0.25, -0.2) is 4.98 Å². The molecule has 0 aliphatic carbocycles. The van der Waals surface area contributed by atoms with Gasteiger partial charge in [0.15, 0.2) is 5.01 Å². The van der Waals surface area contributed by atoms with Crippen LogP contribution in [-0.4, -0.2) is 26.3 Å². The van der Waals surface area contributed by atoms with Gasteiger partial charge in [-0.3, -0.25) is 9.59 Å². The Hall–Kier alpha value is -2.19. The van der Waals surface area contributed by atoms with Crippen molar-refractivity contribution < 1.29 is 9.53 Å². The van der Waals surface area contributed by atoms with E-state index in [4.69, 9.17) is 4.74 Å². The Morgan fingerprint density at radius 3 is 2.81 bits per heavy atom. The summed E-state index contributed by atoms with van der Waals surface area (Å²) in [6, 6.07) is 7.69. The summed E-state index contributed by atoms with van der Waals surface area (Å²) in [5.74, 6) is 0.374. The van der Waals surface area contributed by atoms with Crippen LogP contribution in [0.1, 0.15) is 28.2 Å². The molecular formula is C18H19N3O3S2. The number of carbonyl (C=O) groups excluding carboxylic acids is 1. The fraction of sp³-hybridized carbons (Fsp3) is 0.333. The number of hydrogen-bond acceptors (Lipinski definition) is 7. The van der Waals surface area contributed by atoms with Gasteiger partial charge in [-0.1, -0.05) is 17.4 Å². The molecule has 0 bridgehead atoms. The second kappa shape index (κ2) is 8.01. The Labute approximate surface area is 159 Å². The van der Waals surface area contributed by atoms with Crippen molar-refractivity contribution in [2.24, 2.45) is 0 Å². The highest BCUT2D eigenvalue weighted by atomic mass is 32.2. The number of aryl methyl sites for hydroxylation is 3. The zero-order valence-electron chi connectivity index (χ0n) is 14.8. The maximum atomic E-state index is 11.9. The predicted molar refractivity (Wildman–Crippen MR) is 103 cm³/mol. The first-order chi connectivity index (χ1) is 12.4. The number of nitrogens with zero attached hydrogens (tertiary/aromatic N) is 3. The maximum Gasteiger partial charge on any atom is 0.307 e. The van der Waals surface area contributed by atoms with Crippen LogP contribution in [0, 0.1) is 20.8 Å². The van der Waals surface area contributed by atoms with Gasteiger partial charge in [-0.2, -0.15) is 9.61 Å². The largest absolute Gasteiger partial charge is 0.458 e. The minimum Gasteiger partial charge on any atom is -0.458 e. The molecule has 3 aromatic rings. The number of ether oxygens (including phenoxy) is 1. The lowest BCUT2D eigenvalue weighted by Crippen LogP contribution is -2.14. The van der Waals surface area contributed by atoms with E-state index in [1.54, 1.807) is 18.7 Å². The summed E-state index contributed by atoms with van der Waals surface area (Å²) >= 11 is 2.88. The minimum absolute atomic E-state index is 0.0552. The van der Waals surface area contributed by atoms with Gasteiger partial charge in [0.05, 0.1) is 6.42 Å². The topological polar surface area (TPSA) is 73.6 Å². The van der Waals surface area contributed by atoms with E-state index in [1.807, 2.05) is 0 Å². The summed E-state index contributed by atoms with van der Waals surface area (Å²) in [7, 11) is 0. The number of carbonyl (C=O) groups is 1. The van der Waals surface area contributed by atoms with Crippen LogP contribution in [0.5, 0.6) is 0 Å². The lowest BCUT2D eigenvalue weighted by atomic mass is 10.1. The van der Waals surface area contributed by atoms with Gasteiger partial charge >= 0.3 is 5.97 Å². The summed E-state index contributed by atoms with van der Waals surface area (Å²) in [6.07, 6.45) is 0.319. The van der Waals surface area contributed by atoms with E-state index in [0.29, 0.717) is 27.8 Å². The van der Waals surface area contributed by atoms with Crippen molar-refractivity contribution in [3.8, 4) is 0 Å². The van der Waals surface area contributed by atoms with Crippen LogP contribution < -0.4 is 5.56 Å². The summed E-state index contributed by atoms with van der Waals surface area (Å²) in [5, 5.41) is 4.70. The van der Waals surface area contributed by atoms with Gasteiger partial charge in [0, 0.05) is 22.4 Å². The van der Waals surface area contributed by atoms with Gasteiger partial charge in [0.2, 0.25) is 4.96 Å². The highest BCUT2D eigenvalue weighted by Crippen LogP contribution is 2.22. The Bertz CT molecular complexity index is 1010. The molecule has 2 aromatic heterocycles. The van der Waals surface area contributed by atoms with Crippen molar-refractivity contribution in [2.45, 2.75) is 38.7 Å². The van der Waals surface area contributed by atoms with Crippen LogP contribution in [0.2, 0.25) is 0 Å². The van der Waals surface area contributed by atoms with Crippen LogP contribution in [0.4, 0.5) is 0 Å². The third-order valence-corrected chi connectivity index (χ3v) is 5.70. The molecule has 8 heteroatoms. The van der Waals surface area contributed by atoms with E-state index < -0.39 is 0 Å². The number of rotatable bonds is 6. The predicted octanol–water partition coefficient (Wildman–Crippen LogP) is 3.30. The van der Waals surface area contributed by atoms with Crippen LogP contribution in [0.3, 0.4) is 0 Å². The van der Waals surface area contributed by atoms with E-state index in [1.165, 1.54) is 33.0 Å². The molecule has 0 atom stereocenters. The molecular weight excluding hydrogens is 370 g/mol. The number of hydrogen-bond donors (Lipinski definition) is 0. The molecule has 3 rings (SSSR count). The van der Waals surface area contributed by atoms with E-state index >= 15 is 0 Å². The molecule has 2 heterocycles. The minimum atomic E-state index is -0.280. The Morgan fingerprint density at radius 2 is 2.04 bits per heavy atom. The maximum absolute atomic E-state index is 11.9. The Kier molecular flexibility index (Phi) is 5.73. The first-order valence-corrected chi connectivity index (χ1v) is 9.94. The molecule has 6 nitrogen and oxygen atoms in total. The molecule has 0 saturated carbocycles. The molecule has 136 valence electrons. The lowest BCUT2D eigenvalue weighted by molar-refractivity contribution is -0.144. The monoisotopic (exact) mass is 389 g/mol. The number of fused-ring (bicyclic) bond motifs is 1. The molecule has 0 aliphatic rings. The zero-order chi connectivity index (χ0) is 18.7. The molecule has 0 radical (unpaired) electrons. The second-order valence-corrected chi connectivity index (χ2v) is 8.14. The molecule has 0 saturated heterocycles. The highest BCUT2D eigenvalue weighted by Gasteiger charge is 2.10. The van der Waals surface area contributed by atoms with E-state index in [9.17, 15) is 9.59 Å². The van der Waals surface area contributed by atoms with E-state index in [0.717, 1.165) is 4.90 Å². The fourth-order valence-electron chi connectivity index (χ4n) is 2.29. The first kappa shape index (κ1) is 18.6. The van der Waals surface area contributed by atoms with Crippen LogP contribution in [-0.2, 0) is 16.1 Å². The molecule has 0 amide bonds. The Balaban J connectivity index is 1.50. The van der Waals surface area contributed by atoms with Crippen molar-refractivity contribution in [3.05, 3.63) is 56.4 Å². The van der Waals surface area contributed by atoms with Crippen molar-refractivity contribution in [2.75, 3.05) is 5.75 Å². The second-order valence-electron chi connectivity index (χ2n) is 5.93. The first-order valence-electron chi connectivity index (χ1n) is 8.14. The van der Waals surface area contributed by atoms with Crippen LogP contribution in [0.15, 0.2) is 34.0 Å². The van der Waals surface area contributed by atoms with Crippen molar-refractivity contribution >= 4 is 34.0 Å². The van der Waals surface area contributed by atoms with Gasteiger partial charge in [0.25, 0.3) is 5.56 Å². The molecule has 26 heavy (non-hydrogen) atoms. The lowest BCUT2D eigenvalue weighted by Gasteiger charge is -2.05. The number of benzene rings is 1. The van der Waals surface area contributed by atoms with E-state index in [2.05, 4.69) is 42.1 Å². The number of aromatic nitrogens is 3. The summed E-state index contributed by atoms with van der Waals surface area (Å²) in [5.41, 5.74) is 2.91. The number of esters is 1. The summed E-state index contributed by atoms with van der Waals surface area (Å²) in [6.45, 7) is 5.97. The zero-order valence-corrected chi connectivity index (χ0v) is 16.4. The average molecular weight is 390 g/mol. The van der Waals surface area contributed by atoms with Gasteiger partial charge in [-0.15, -0.1) is 11.8 Å². The molecule has 0 spiro atoms. The van der Waals surface area contributed by atoms with E-state index in [-0.39, 0.29) is 18.1 Å². The smallest absolute Gasteiger partial charge is 0.307 e. The normalized spacial score (nSPS) is 11.0. The fourth-order valence-corrected chi connectivity index (χ4v) is 4.08. The van der Waals surface area contributed by atoms with Crippen LogP contribution >= 0.6 is 23.1 Å². The molecule has 1 aromatic carbocycles. The van der Waals surface area contributed by atoms with Gasteiger partial charge in [-0.05, 0) is 44.0 Å². The SMILES string of the molecule is Cc1cc(=O)n2nc(COC(=O)CCSc3ccc(C)c(C)c3)sc2n1. The van der Waals surface area contributed by atoms with Gasteiger partial charge in [0.1, 0.15) is 6.61 Å². The quantitative estimate of drug-likeness (QED) is 0.476. The molecule has 0 fully saturated rings. The highest BCUT2D eigenvalue weighted by molar-refractivity contribution is 7.99. The Morgan fingerprint density at radius 1 is 1.23 bits per heavy atom. The summed E-state index contributed by atoms with van der Waals surface area (Å²) < 4.78 is 6.49. The molecule has 0 N–H and O–H groups in total. The van der Waals surface area contributed by atoms with Crippen molar-refractivity contribution in [1.29, 1.82) is 0 Å². The average Bonchev–Trinajstić information content (AvgIpc) is 2.99. The summed E-state index contributed by atoms with van der Waals surface area (Å²) in [4.78, 5) is 29.7. The van der Waals surface area contributed by atoms with Gasteiger partial charge < -0.3 is 4.74 Å².